The molecule has 2 aromatic carbocycles. The summed E-state index contributed by atoms with van der Waals surface area (Å²) in [6.45, 7) is 1.74. The van der Waals surface area contributed by atoms with E-state index in [1.165, 1.54) is 13.3 Å². The molecule has 0 unspecified atom stereocenters. The van der Waals surface area contributed by atoms with Gasteiger partial charge in [-0.05, 0) is 59.3 Å². The maximum absolute atomic E-state index is 12.3. The van der Waals surface area contributed by atoms with Crippen molar-refractivity contribution in [2.75, 3.05) is 20.3 Å². The Balaban J connectivity index is 1.69. The molecule has 0 spiro atoms. The summed E-state index contributed by atoms with van der Waals surface area (Å²) in [4.78, 5) is 23.8. The first kappa shape index (κ1) is 22.6. The predicted octanol–water partition coefficient (Wildman–Crippen LogP) is 4.56. The molecule has 10 heteroatoms. The number of furan rings is 1. The van der Waals surface area contributed by atoms with Gasteiger partial charge in [-0.15, -0.1) is 0 Å². The van der Waals surface area contributed by atoms with E-state index in [0.29, 0.717) is 37.5 Å². The molecule has 3 rings (SSSR count). The van der Waals surface area contributed by atoms with Gasteiger partial charge < -0.3 is 18.6 Å². The Bertz CT molecular complexity index is 1140. The number of rotatable bonds is 8. The number of carbonyl (C=O) groups excluding carboxylic acids is 2. The van der Waals surface area contributed by atoms with Crippen molar-refractivity contribution in [1.29, 1.82) is 0 Å². The second-order valence-electron chi connectivity index (χ2n) is 6.11. The van der Waals surface area contributed by atoms with Crippen LogP contribution < -0.4 is 14.9 Å². The van der Waals surface area contributed by atoms with Crippen molar-refractivity contribution in [3.8, 4) is 11.5 Å². The molecule has 31 heavy (non-hydrogen) atoms. The molecule has 0 saturated carbocycles. The average Bonchev–Trinajstić information content (AvgIpc) is 3.17. The third kappa shape index (κ3) is 5.77. The van der Waals surface area contributed by atoms with E-state index in [-0.39, 0.29) is 19.0 Å². The van der Waals surface area contributed by atoms with E-state index in [4.69, 9.17) is 30.2 Å². The van der Waals surface area contributed by atoms with E-state index < -0.39 is 11.9 Å². The number of halogens is 2. The van der Waals surface area contributed by atoms with Crippen LogP contribution in [0.15, 0.2) is 50.4 Å². The van der Waals surface area contributed by atoms with Gasteiger partial charge in [0.1, 0.15) is 5.58 Å². The van der Waals surface area contributed by atoms with Gasteiger partial charge in [0.25, 0.3) is 0 Å². The van der Waals surface area contributed by atoms with E-state index in [1.54, 1.807) is 43.3 Å². The largest absolute Gasteiger partial charge is 0.493 e. The number of carbonyl (C=O) groups is 2. The summed E-state index contributed by atoms with van der Waals surface area (Å²) in [7, 11) is 1.47. The lowest BCUT2D eigenvalue weighted by molar-refractivity contribution is -0.145. The number of fused-ring (bicyclic) bond motifs is 1. The number of esters is 1. The van der Waals surface area contributed by atoms with Gasteiger partial charge in [-0.2, -0.15) is 5.10 Å². The third-order valence-electron chi connectivity index (χ3n) is 4.01. The monoisotopic (exact) mass is 508 g/mol. The highest BCUT2D eigenvalue weighted by atomic mass is 79.9. The molecule has 0 radical (unpaired) electrons. The van der Waals surface area contributed by atoms with Crippen molar-refractivity contribution in [2.45, 2.75) is 6.92 Å². The average molecular weight is 510 g/mol. The molecule has 1 N–H and O–H groups in total. The van der Waals surface area contributed by atoms with Crippen molar-refractivity contribution in [1.82, 2.24) is 5.43 Å². The number of amides is 1. The molecular weight excluding hydrogens is 492 g/mol. The number of ether oxygens (including phenoxy) is 3. The van der Waals surface area contributed by atoms with E-state index in [9.17, 15) is 9.59 Å². The Morgan fingerprint density at radius 2 is 2.03 bits per heavy atom. The van der Waals surface area contributed by atoms with E-state index in [0.717, 1.165) is 0 Å². The molecule has 0 fully saturated rings. The van der Waals surface area contributed by atoms with Gasteiger partial charge >= 0.3 is 11.9 Å². The minimum atomic E-state index is -0.513. The fraction of sp³-hybridized carbons (Fsp3) is 0.190. The summed E-state index contributed by atoms with van der Waals surface area (Å²) in [5.41, 5.74) is 3.56. The highest BCUT2D eigenvalue weighted by Crippen LogP contribution is 2.33. The SMILES string of the molecule is CCOC(=O)COc1cc(Br)c(/C=N/NC(=O)c2cc3cc(Cl)ccc3o2)cc1OC. The Hall–Kier alpha value is -3.04. The van der Waals surface area contributed by atoms with Crippen LogP contribution in [0.5, 0.6) is 11.5 Å². The van der Waals surface area contributed by atoms with Crippen LogP contribution in [0.1, 0.15) is 23.0 Å². The van der Waals surface area contributed by atoms with Gasteiger partial charge in [0.05, 0.1) is 19.9 Å². The van der Waals surface area contributed by atoms with Crippen molar-refractivity contribution >= 4 is 56.6 Å². The lowest BCUT2D eigenvalue weighted by Gasteiger charge is -2.12. The zero-order chi connectivity index (χ0) is 22.4. The van der Waals surface area contributed by atoms with Crippen molar-refractivity contribution in [3.05, 3.63) is 57.2 Å². The number of methoxy groups -OCH3 is 1. The number of nitrogens with zero attached hydrogens (tertiary/aromatic N) is 1. The Labute approximate surface area is 191 Å². The molecule has 8 nitrogen and oxygen atoms in total. The maximum Gasteiger partial charge on any atom is 0.344 e. The van der Waals surface area contributed by atoms with Crippen molar-refractivity contribution < 1.29 is 28.2 Å². The number of hydrogen-bond donors (Lipinski definition) is 1. The Morgan fingerprint density at radius 3 is 2.77 bits per heavy atom. The lowest BCUT2D eigenvalue weighted by Crippen LogP contribution is -2.17. The molecule has 3 aromatic rings. The first-order valence-corrected chi connectivity index (χ1v) is 10.3. The van der Waals surface area contributed by atoms with Crippen molar-refractivity contribution in [2.24, 2.45) is 5.10 Å². The van der Waals surface area contributed by atoms with Crippen molar-refractivity contribution in [3.63, 3.8) is 0 Å². The first-order chi connectivity index (χ1) is 14.9. The number of nitrogens with one attached hydrogen (secondary N) is 1. The van der Waals surface area contributed by atoms with Gasteiger partial charge in [0, 0.05) is 20.4 Å². The molecule has 0 aliphatic rings. The first-order valence-electron chi connectivity index (χ1n) is 9.09. The summed E-state index contributed by atoms with van der Waals surface area (Å²) in [6.07, 6.45) is 1.43. The van der Waals surface area contributed by atoms with Crippen LogP contribution in [0.2, 0.25) is 5.02 Å². The second kappa shape index (κ2) is 10.3. The fourth-order valence-electron chi connectivity index (χ4n) is 2.60. The summed E-state index contributed by atoms with van der Waals surface area (Å²) >= 11 is 9.35. The molecule has 0 aliphatic heterocycles. The lowest BCUT2D eigenvalue weighted by atomic mass is 10.2. The zero-order valence-corrected chi connectivity index (χ0v) is 19.0. The highest BCUT2D eigenvalue weighted by Gasteiger charge is 2.14. The molecule has 0 atom stereocenters. The smallest absolute Gasteiger partial charge is 0.344 e. The second-order valence-corrected chi connectivity index (χ2v) is 7.40. The van der Waals surface area contributed by atoms with Gasteiger partial charge in [0.2, 0.25) is 0 Å². The molecule has 162 valence electrons. The predicted molar refractivity (Wildman–Crippen MR) is 119 cm³/mol. The number of hydrazone groups is 1. The van der Waals surface area contributed by atoms with E-state index >= 15 is 0 Å². The van der Waals surface area contributed by atoms with E-state index in [2.05, 4.69) is 26.5 Å². The molecule has 0 bridgehead atoms. The van der Waals surface area contributed by atoms with Crippen LogP contribution in [0.4, 0.5) is 0 Å². The quantitative estimate of drug-likeness (QED) is 0.271. The van der Waals surface area contributed by atoms with Crippen LogP contribution >= 0.6 is 27.5 Å². The summed E-state index contributed by atoms with van der Waals surface area (Å²) in [5, 5.41) is 5.22. The van der Waals surface area contributed by atoms with Gasteiger partial charge in [0.15, 0.2) is 23.9 Å². The number of benzene rings is 2. The summed E-state index contributed by atoms with van der Waals surface area (Å²) < 4.78 is 21.7. The minimum Gasteiger partial charge on any atom is -0.493 e. The topological polar surface area (TPSA) is 99.4 Å². The summed E-state index contributed by atoms with van der Waals surface area (Å²) in [6, 6.07) is 9.93. The molecular formula is C21H18BrClN2O6. The van der Waals surface area contributed by atoms with E-state index in [1.807, 2.05) is 0 Å². The van der Waals surface area contributed by atoms with Gasteiger partial charge in [-0.25, -0.2) is 10.2 Å². The normalized spacial score (nSPS) is 11.0. The third-order valence-corrected chi connectivity index (χ3v) is 4.93. The summed E-state index contributed by atoms with van der Waals surface area (Å²) in [5.74, 6) is -0.157. The Kier molecular flexibility index (Phi) is 7.54. The standard InChI is InChI=1S/C21H18BrClN2O6/c1-3-29-20(26)11-30-18-9-15(22)13(8-17(18)28-2)10-24-25-21(27)19-7-12-6-14(23)4-5-16(12)31-19/h4-10H,3,11H2,1-2H3,(H,25,27)/b24-10+. The molecule has 0 saturated heterocycles. The van der Waals surface area contributed by atoms with Crippen LogP contribution in [-0.2, 0) is 9.53 Å². The molecule has 0 aliphatic carbocycles. The number of hydrogen-bond acceptors (Lipinski definition) is 7. The zero-order valence-electron chi connectivity index (χ0n) is 16.6. The van der Waals surface area contributed by atoms with Crippen LogP contribution in [0, 0.1) is 0 Å². The van der Waals surface area contributed by atoms with Gasteiger partial charge in [-0.3, -0.25) is 4.79 Å². The highest BCUT2D eigenvalue weighted by molar-refractivity contribution is 9.10. The minimum absolute atomic E-state index is 0.105. The maximum atomic E-state index is 12.3. The van der Waals surface area contributed by atoms with Crippen LogP contribution in [0.25, 0.3) is 11.0 Å². The van der Waals surface area contributed by atoms with Gasteiger partial charge in [-0.1, -0.05) is 11.6 Å². The molecule has 1 heterocycles. The molecule has 1 aromatic heterocycles. The molecule has 1 amide bonds. The van der Waals surface area contributed by atoms with Crippen LogP contribution in [-0.4, -0.2) is 38.4 Å². The van der Waals surface area contributed by atoms with Crippen LogP contribution in [0.3, 0.4) is 0 Å². The fourth-order valence-corrected chi connectivity index (χ4v) is 3.21. The Morgan fingerprint density at radius 1 is 1.23 bits per heavy atom.